The van der Waals surface area contributed by atoms with Gasteiger partial charge in [-0.25, -0.2) is 4.39 Å². The standard InChI is InChI=1S/C13H8Cl3FO/c14-7-8-1-11(17)6-12(2-8)18-13-4-9(15)3-10(16)5-13/h1-6H,7H2. The summed E-state index contributed by atoms with van der Waals surface area (Å²) < 4.78 is 18.8. The van der Waals surface area contributed by atoms with Gasteiger partial charge in [-0.1, -0.05) is 23.2 Å². The smallest absolute Gasteiger partial charge is 0.130 e. The van der Waals surface area contributed by atoms with Crippen LogP contribution in [0, 0.1) is 5.82 Å². The third kappa shape index (κ3) is 3.52. The van der Waals surface area contributed by atoms with Gasteiger partial charge < -0.3 is 4.74 Å². The molecule has 0 unspecified atom stereocenters. The van der Waals surface area contributed by atoms with Crippen LogP contribution in [-0.2, 0) is 5.88 Å². The summed E-state index contributed by atoms with van der Waals surface area (Å²) in [5.41, 5.74) is 0.639. The molecule has 0 aliphatic heterocycles. The number of hydrogen-bond acceptors (Lipinski definition) is 1. The lowest BCUT2D eigenvalue weighted by Gasteiger charge is -2.08. The van der Waals surface area contributed by atoms with Gasteiger partial charge in [0.1, 0.15) is 17.3 Å². The van der Waals surface area contributed by atoms with Gasteiger partial charge in [0.15, 0.2) is 0 Å². The maximum Gasteiger partial charge on any atom is 0.130 e. The molecule has 0 aliphatic rings. The normalized spacial score (nSPS) is 10.4. The molecule has 5 heteroatoms. The first-order chi connectivity index (χ1) is 8.56. The Hall–Kier alpha value is -0.960. The minimum absolute atomic E-state index is 0.213. The summed E-state index contributed by atoms with van der Waals surface area (Å²) in [7, 11) is 0. The van der Waals surface area contributed by atoms with Crippen molar-refractivity contribution >= 4 is 34.8 Å². The number of hydrogen-bond donors (Lipinski definition) is 0. The SMILES string of the molecule is Fc1cc(CCl)cc(Oc2cc(Cl)cc(Cl)c2)c1. The first kappa shape index (κ1) is 13.5. The summed E-state index contributed by atoms with van der Waals surface area (Å²) >= 11 is 17.4. The van der Waals surface area contributed by atoms with Gasteiger partial charge in [0, 0.05) is 22.0 Å². The largest absolute Gasteiger partial charge is 0.457 e. The Balaban J connectivity index is 2.30. The highest BCUT2D eigenvalue weighted by molar-refractivity contribution is 6.34. The Labute approximate surface area is 119 Å². The van der Waals surface area contributed by atoms with Crippen LogP contribution in [0.25, 0.3) is 0 Å². The molecule has 0 atom stereocenters. The average Bonchev–Trinajstić information content (AvgIpc) is 2.26. The Bertz CT molecular complexity index is 552. The third-order valence-electron chi connectivity index (χ3n) is 2.16. The molecular formula is C13H8Cl3FO. The first-order valence-electron chi connectivity index (χ1n) is 5.06. The van der Waals surface area contributed by atoms with Crippen LogP contribution >= 0.6 is 34.8 Å². The fourth-order valence-corrected chi connectivity index (χ4v) is 2.14. The zero-order chi connectivity index (χ0) is 13.1. The highest BCUT2D eigenvalue weighted by atomic mass is 35.5. The Morgan fingerprint density at radius 2 is 1.50 bits per heavy atom. The van der Waals surface area contributed by atoms with Crippen molar-refractivity contribution in [3.8, 4) is 11.5 Å². The van der Waals surface area contributed by atoms with E-state index in [0.717, 1.165) is 0 Å². The van der Waals surface area contributed by atoms with E-state index in [1.807, 2.05) is 0 Å². The summed E-state index contributed by atoms with van der Waals surface area (Å²) in [5, 5.41) is 0.901. The van der Waals surface area contributed by atoms with Gasteiger partial charge in [0.25, 0.3) is 0 Å². The van der Waals surface area contributed by atoms with E-state index in [9.17, 15) is 4.39 Å². The average molecular weight is 306 g/mol. The molecule has 0 radical (unpaired) electrons. The van der Waals surface area contributed by atoms with E-state index in [0.29, 0.717) is 27.1 Å². The van der Waals surface area contributed by atoms with Gasteiger partial charge in [-0.05, 0) is 35.9 Å². The van der Waals surface area contributed by atoms with Gasteiger partial charge in [-0.2, -0.15) is 0 Å². The van der Waals surface area contributed by atoms with E-state index >= 15 is 0 Å². The Kier molecular flexibility index (Phi) is 4.33. The van der Waals surface area contributed by atoms with Crippen molar-refractivity contribution in [2.75, 3.05) is 0 Å². The molecule has 94 valence electrons. The molecule has 0 saturated heterocycles. The van der Waals surface area contributed by atoms with Crippen molar-refractivity contribution in [2.24, 2.45) is 0 Å². The summed E-state index contributed by atoms with van der Waals surface area (Å²) in [5.74, 6) is 0.601. The number of halogens is 4. The number of ether oxygens (including phenoxy) is 1. The molecule has 0 spiro atoms. The van der Waals surface area contributed by atoms with Gasteiger partial charge >= 0.3 is 0 Å². The molecule has 1 nitrogen and oxygen atoms in total. The molecule has 0 aromatic heterocycles. The van der Waals surface area contributed by atoms with E-state index in [2.05, 4.69) is 0 Å². The van der Waals surface area contributed by atoms with Crippen molar-refractivity contribution in [2.45, 2.75) is 5.88 Å². The quantitative estimate of drug-likeness (QED) is 0.664. The Morgan fingerprint density at radius 1 is 0.889 bits per heavy atom. The van der Waals surface area contributed by atoms with Crippen molar-refractivity contribution in [1.82, 2.24) is 0 Å². The molecular weight excluding hydrogens is 297 g/mol. The first-order valence-corrected chi connectivity index (χ1v) is 6.35. The molecule has 0 N–H and O–H groups in total. The molecule has 2 aromatic carbocycles. The third-order valence-corrected chi connectivity index (χ3v) is 2.90. The monoisotopic (exact) mass is 304 g/mol. The minimum atomic E-state index is -0.406. The van der Waals surface area contributed by atoms with Crippen molar-refractivity contribution < 1.29 is 9.13 Å². The molecule has 0 heterocycles. The second-order valence-electron chi connectivity index (χ2n) is 3.64. The molecule has 0 bridgehead atoms. The van der Waals surface area contributed by atoms with E-state index in [1.54, 1.807) is 24.3 Å². The van der Waals surface area contributed by atoms with Crippen LogP contribution in [0.3, 0.4) is 0 Å². The zero-order valence-corrected chi connectivity index (χ0v) is 11.4. The lowest BCUT2D eigenvalue weighted by atomic mass is 10.2. The van der Waals surface area contributed by atoms with E-state index in [4.69, 9.17) is 39.5 Å². The number of rotatable bonds is 3. The predicted molar refractivity (Wildman–Crippen MR) is 72.5 cm³/mol. The van der Waals surface area contributed by atoms with Crippen molar-refractivity contribution in [1.29, 1.82) is 0 Å². The minimum Gasteiger partial charge on any atom is -0.457 e. The molecule has 2 rings (SSSR count). The number of alkyl halides is 1. The zero-order valence-electron chi connectivity index (χ0n) is 9.09. The highest BCUT2D eigenvalue weighted by Crippen LogP contribution is 2.29. The van der Waals surface area contributed by atoms with Crippen LogP contribution in [0.4, 0.5) is 4.39 Å². The van der Waals surface area contributed by atoms with E-state index < -0.39 is 5.82 Å². The van der Waals surface area contributed by atoms with Crippen LogP contribution in [0.15, 0.2) is 36.4 Å². The van der Waals surface area contributed by atoms with Crippen LogP contribution in [0.5, 0.6) is 11.5 Å². The topological polar surface area (TPSA) is 9.23 Å². The Morgan fingerprint density at radius 3 is 2.11 bits per heavy atom. The van der Waals surface area contributed by atoms with Crippen LogP contribution in [-0.4, -0.2) is 0 Å². The highest BCUT2D eigenvalue weighted by Gasteiger charge is 2.04. The molecule has 0 fully saturated rings. The van der Waals surface area contributed by atoms with Crippen LogP contribution in [0.2, 0.25) is 10.0 Å². The van der Waals surface area contributed by atoms with E-state index in [1.165, 1.54) is 12.1 Å². The second kappa shape index (κ2) is 5.79. The summed E-state index contributed by atoms with van der Waals surface area (Å²) in [6, 6.07) is 9.06. The lowest BCUT2D eigenvalue weighted by Crippen LogP contribution is -1.88. The molecule has 18 heavy (non-hydrogen) atoms. The van der Waals surface area contributed by atoms with Gasteiger partial charge in [0.05, 0.1) is 0 Å². The number of benzene rings is 2. The fraction of sp³-hybridized carbons (Fsp3) is 0.0769. The molecule has 2 aromatic rings. The van der Waals surface area contributed by atoms with Crippen LogP contribution in [0.1, 0.15) is 5.56 Å². The van der Waals surface area contributed by atoms with Gasteiger partial charge in [0.2, 0.25) is 0 Å². The molecule has 0 aliphatic carbocycles. The van der Waals surface area contributed by atoms with Crippen molar-refractivity contribution in [3.63, 3.8) is 0 Å². The van der Waals surface area contributed by atoms with Gasteiger partial charge in [-0.15, -0.1) is 11.6 Å². The summed E-state index contributed by atoms with van der Waals surface area (Å²) in [6.45, 7) is 0. The molecule has 0 saturated carbocycles. The van der Waals surface area contributed by atoms with Gasteiger partial charge in [-0.3, -0.25) is 0 Å². The predicted octanol–water partition coefficient (Wildman–Crippen LogP) is 5.66. The molecule has 0 amide bonds. The van der Waals surface area contributed by atoms with Crippen LogP contribution < -0.4 is 4.74 Å². The second-order valence-corrected chi connectivity index (χ2v) is 4.78. The fourth-order valence-electron chi connectivity index (χ4n) is 1.48. The maximum absolute atomic E-state index is 13.3. The lowest BCUT2D eigenvalue weighted by molar-refractivity contribution is 0.476. The summed E-state index contributed by atoms with van der Waals surface area (Å²) in [6.07, 6.45) is 0. The van der Waals surface area contributed by atoms with E-state index in [-0.39, 0.29) is 5.88 Å². The maximum atomic E-state index is 13.3. The van der Waals surface area contributed by atoms with Crippen molar-refractivity contribution in [3.05, 3.63) is 57.8 Å². The summed E-state index contributed by atoms with van der Waals surface area (Å²) in [4.78, 5) is 0.